The standard InChI is InChI=1S/C14H19N3O2/c1-4-5-6-13(18)15-10-7-8-11-12(9-10)17(3)14(19)16(11)2/h7-9H,4-6H2,1-3H3,(H,15,18). The average molecular weight is 261 g/mol. The topological polar surface area (TPSA) is 56.0 Å². The fourth-order valence-electron chi connectivity index (χ4n) is 2.15. The van der Waals surface area contributed by atoms with Gasteiger partial charge in [0, 0.05) is 26.2 Å². The molecule has 5 nitrogen and oxygen atoms in total. The van der Waals surface area contributed by atoms with Crippen molar-refractivity contribution in [2.75, 3.05) is 5.32 Å². The van der Waals surface area contributed by atoms with Crippen molar-refractivity contribution in [2.45, 2.75) is 26.2 Å². The van der Waals surface area contributed by atoms with Crippen LogP contribution in [0.2, 0.25) is 0 Å². The van der Waals surface area contributed by atoms with E-state index in [1.807, 2.05) is 18.2 Å². The Balaban J connectivity index is 2.29. The van der Waals surface area contributed by atoms with E-state index in [0.717, 1.165) is 29.6 Å². The summed E-state index contributed by atoms with van der Waals surface area (Å²) in [5, 5.41) is 2.86. The lowest BCUT2D eigenvalue weighted by Gasteiger charge is -2.05. The van der Waals surface area contributed by atoms with E-state index in [0.29, 0.717) is 6.42 Å². The number of rotatable bonds is 4. The van der Waals surface area contributed by atoms with E-state index in [2.05, 4.69) is 12.2 Å². The van der Waals surface area contributed by atoms with Crippen molar-refractivity contribution in [3.05, 3.63) is 28.7 Å². The lowest BCUT2D eigenvalue weighted by molar-refractivity contribution is -0.116. The van der Waals surface area contributed by atoms with Crippen molar-refractivity contribution in [3.8, 4) is 0 Å². The molecule has 0 radical (unpaired) electrons. The van der Waals surface area contributed by atoms with E-state index in [-0.39, 0.29) is 11.6 Å². The summed E-state index contributed by atoms with van der Waals surface area (Å²) in [6, 6.07) is 5.51. The lowest BCUT2D eigenvalue weighted by Crippen LogP contribution is -2.19. The molecule has 1 amide bonds. The number of amides is 1. The second kappa shape index (κ2) is 5.30. The second-order valence-electron chi connectivity index (χ2n) is 4.76. The molecular formula is C14H19N3O2. The fourth-order valence-corrected chi connectivity index (χ4v) is 2.15. The van der Waals surface area contributed by atoms with Crippen LogP contribution in [0.15, 0.2) is 23.0 Å². The van der Waals surface area contributed by atoms with E-state index in [1.54, 1.807) is 23.2 Å². The third kappa shape index (κ3) is 2.54. The molecule has 1 aromatic heterocycles. The first-order chi connectivity index (χ1) is 9.04. The van der Waals surface area contributed by atoms with Crippen LogP contribution in [-0.2, 0) is 18.9 Å². The van der Waals surface area contributed by atoms with Gasteiger partial charge in [-0.15, -0.1) is 0 Å². The van der Waals surface area contributed by atoms with Gasteiger partial charge in [0.2, 0.25) is 5.91 Å². The van der Waals surface area contributed by atoms with Crippen molar-refractivity contribution in [1.82, 2.24) is 9.13 Å². The Kier molecular flexibility index (Phi) is 3.74. The number of hydrogen-bond donors (Lipinski definition) is 1. The number of nitrogens with one attached hydrogen (secondary N) is 1. The molecule has 0 saturated carbocycles. The minimum absolute atomic E-state index is 0.0159. The van der Waals surface area contributed by atoms with Crippen molar-refractivity contribution in [2.24, 2.45) is 14.1 Å². The van der Waals surface area contributed by atoms with Crippen LogP contribution in [0.1, 0.15) is 26.2 Å². The van der Waals surface area contributed by atoms with Gasteiger partial charge in [0.25, 0.3) is 0 Å². The molecule has 1 aromatic carbocycles. The number of fused-ring (bicyclic) bond motifs is 1. The highest BCUT2D eigenvalue weighted by molar-refractivity contribution is 5.93. The molecule has 5 heteroatoms. The van der Waals surface area contributed by atoms with Gasteiger partial charge in [0.15, 0.2) is 0 Å². The number of benzene rings is 1. The Morgan fingerprint density at radius 1 is 1.21 bits per heavy atom. The van der Waals surface area contributed by atoms with Crippen molar-refractivity contribution < 1.29 is 4.79 Å². The van der Waals surface area contributed by atoms with Gasteiger partial charge in [-0.25, -0.2) is 4.79 Å². The van der Waals surface area contributed by atoms with Crippen LogP contribution < -0.4 is 11.0 Å². The quantitative estimate of drug-likeness (QED) is 0.915. The number of aromatic nitrogens is 2. The van der Waals surface area contributed by atoms with Crippen LogP contribution in [0.25, 0.3) is 11.0 Å². The van der Waals surface area contributed by atoms with Gasteiger partial charge in [0.05, 0.1) is 11.0 Å². The third-order valence-corrected chi connectivity index (χ3v) is 3.31. The second-order valence-corrected chi connectivity index (χ2v) is 4.76. The normalized spacial score (nSPS) is 10.9. The molecular weight excluding hydrogens is 242 g/mol. The number of carbonyl (C=O) groups is 1. The SMILES string of the molecule is CCCCC(=O)Nc1ccc2c(c1)n(C)c(=O)n2C. The summed E-state index contributed by atoms with van der Waals surface area (Å²) in [6.45, 7) is 2.05. The zero-order valence-corrected chi connectivity index (χ0v) is 11.6. The zero-order valence-electron chi connectivity index (χ0n) is 11.6. The third-order valence-electron chi connectivity index (χ3n) is 3.31. The molecule has 0 spiro atoms. The van der Waals surface area contributed by atoms with Crippen LogP contribution in [-0.4, -0.2) is 15.0 Å². The van der Waals surface area contributed by atoms with Gasteiger partial charge >= 0.3 is 5.69 Å². The molecule has 2 aromatic rings. The molecule has 0 fully saturated rings. The molecule has 1 heterocycles. The summed E-state index contributed by atoms with van der Waals surface area (Å²) in [5.41, 5.74) is 2.35. The Labute approximate surface area is 111 Å². The Morgan fingerprint density at radius 2 is 1.89 bits per heavy atom. The molecule has 0 aliphatic heterocycles. The monoisotopic (exact) mass is 261 g/mol. The number of anilines is 1. The molecule has 0 bridgehead atoms. The highest BCUT2D eigenvalue weighted by Crippen LogP contribution is 2.17. The van der Waals surface area contributed by atoms with Crippen molar-refractivity contribution in [1.29, 1.82) is 0 Å². The first-order valence-electron chi connectivity index (χ1n) is 6.50. The molecule has 102 valence electrons. The van der Waals surface area contributed by atoms with Gasteiger partial charge < -0.3 is 5.32 Å². The predicted molar refractivity (Wildman–Crippen MR) is 76.3 cm³/mol. The molecule has 0 unspecified atom stereocenters. The Morgan fingerprint density at radius 3 is 2.58 bits per heavy atom. The lowest BCUT2D eigenvalue weighted by atomic mass is 10.2. The largest absolute Gasteiger partial charge is 0.328 e. The molecule has 19 heavy (non-hydrogen) atoms. The predicted octanol–water partition coefficient (Wildman–Crippen LogP) is 2.01. The van der Waals surface area contributed by atoms with Crippen molar-refractivity contribution >= 4 is 22.6 Å². The number of unbranched alkanes of at least 4 members (excludes halogenated alkanes) is 1. The highest BCUT2D eigenvalue weighted by Gasteiger charge is 2.09. The van der Waals surface area contributed by atoms with Crippen LogP contribution in [0.3, 0.4) is 0 Å². The number of hydrogen-bond acceptors (Lipinski definition) is 2. The molecule has 0 aliphatic rings. The summed E-state index contributed by atoms with van der Waals surface area (Å²) < 4.78 is 3.18. The minimum Gasteiger partial charge on any atom is -0.326 e. The molecule has 1 N–H and O–H groups in total. The summed E-state index contributed by atoms with van der Waals surface area (Å²) in [4.78, 5) is 23.5. The van der Waals surface area contributed by atoms with Gasteiger partial charge in [-0.2, -0.15) is 0 Å². The first-order valence-corrected chi connectivity index (χ1v) is 6.50. The van der Waals surface area contributed by atoms with E-state index < -0.39 is 0 Å². The maximum absolute atomic E-state index is 11.8. The average Bonchev–Trinajstić information content (AvgIpc) is 2.61. The zero-order chi connectivity index (χ0) is 14.0. The summed E-state index contributed by atoms with van der Waals surface area (Å²) in [6.07, 6.45) is 2.42. The fraction of sp³-hybridized carbons (Fsp3) is 0.429. The summed E-state index contributed by atoms with van der Waals surface area (Å²) in [7, 11) is 3.47. The smallest absolute Gasteiger partial charge is 0.326 e. The molecule has 0 atom stereocenters. The Hall–Kier alpha value is -2.04. The molecule has 0 aliphatic carbocycles. The van der Waals surface area contributed by atoms with E-state index in [1.165, 1.54) is 0 Å². The van der Waals surface area contributed by atoms with Gasteiger partial charge in [0.1, 0.15) is 0 Å². The summed E-state index contributed by atoms with van der Waals surface area (Å²) >= 11 is 0. The van der Waals surface area contributed by atoms with Crippen molar-refractivity contribution in [3.63, 3.8) is 0 Å². The maximum Gasteiger partial charge on any atom is 0.328 e. The van der Waals surface area contributed by atoms with Crippen LogP contribution in [0.5, 0.6) is 0 Å². The van der Waals surface area contributed by atoms with Crippen LogP contribution in [0.4, 0.5) is 5.69 Å². The number of imidazole rings is 1. The van der Waals surface area contributed by atoms with Gasteiger partial charge in [-0.1, -0.05) is 13.3 Å². The minimum atomic E-state index is -0.0653. The van der Waals surface area contributed by atoms with Crippen LogP contribution in [0, 0.1) is 0 Å². The summed E-state index contributed by atoms with van der Waals surface area (Å²) in [5.74, 6) is 0.0159. The van der Waals surface area contributed by atoms with Gasteiger partial charge in [-0.05, 0) is 24.6 Å². The maximum atomic E-state index is 11.8. The van der Waals surface area contributed by atoms with E-state index in [9.17, 15) is 9.59 Å². The van der Waals surface area contributed by atoms with Crippen LogP contribution >= 0.6 is 0 Å². The number of aryl methyl sites for hydroxylation is 2. The highest BCUT2D eigenvalue weighted by atomic mass is 16.2. The number of nitrogens with zero attached hydrogens (tertiary/aromatic N) is 2. The van der Waals surface area contributed by atoms with E-state index >= 15 is 0 Å². The first kappa shape index (κ1) is 13.4. The van der Waals surface area contributed by atoms with E-state index in [4.69, 9.17) is 0 Å². The number of carbonyl (C=O) groups excluding carboxylic acids is 1. The molecule has 2 rings (SSSR count). The molecule has 0 saturated heterocycles. The van der Waals surface area contributed by atoms with Gasteiger partial charge in [-0.3, -0.25) is 13.9 Å². The Bertz CT molecular complexity index is 667.